The molecule has 1 N–H and O–H groups in total. The maximum atomic E-state index is 12.8. The normalized spacial score (nSPS) is 15.2. The van der Waals surface area contributed by atoms with Crippen LogP contribution < -0.4 is 10.2 Å². The average molecular weight is 346 g/mol. The predicted molar refractivity (Wildman–Crippen MR) is 103 cm³/mol. The van der Waals surface area contributed by atoms with Gasteiger partial charge >= 0.3 is 0 Å². The first-order valence-electron chi connectivity index (χ1n) is 9.10. The number of rotatable bonds is 4. The van der Waals surface area contributed by atoms with Gasteiger partial charge in [0.1, 0.15) is 5.82 Å². The van der Waals surface area contributed by atoms with Crippen LogP contribution in [0.5, 0.6) is 0 Å². The first kappa shape index (κ1) is 16.5. The number of nitrogens with zero attached hydrogens (tertiary/aromatic N) is 3. The number of nitrogens with one attached hydrogen (secondary N) is 1. The molecular weight excluding hydrogens is 324 g/mol. The molecule has 1 atom stereocenters. The molecule has 3 aromatic rings. The van der Waals surface area contributed by atoms with Crippen molar-refractivity contribution in [1.82, 2.24) is 15.3 Å². The fraction of sp³-hybridized carbons (Fsp3) is 0.286. The van der Waals surface area contributed by atoms with Crippen LogP contribution in [0.1, 0.15) is 42.0 Å². The Morgan fingerprint density at radius 2 is 1.69 bits per heavy atom. The Kier molecular flexibility index (Phi) is 4.52. The minimum absolute atomic E-state index is 0.103. The van der Waals surface area contributed by atoms with Gasteiger partial charge in [-0.15, -0.1) is 0 Å². The minimum atomic E-state index is -0.243. The number of carbonyl (C=O) groups is 1. The first-order chi connectivity index (χ1) is 12.7. The molecule has 2 aromatic carbocycles. The lowest BCUT2D eigenvalue weighted by Crippen LogP contribution is -2.29. The maximum Gasteiger partial charge on any atom is 0.289 e. The van der Waals surface area contributed by atoms with E-state index in [1.165, 1.54) is 0 Å². The Morgan fingerprint density at radius 3 is 2.46 bits per heavy atom. The molecule has 5 nitrogen and oxygen atoms in total. The van der Waals surface area contributed by atoms with Crippen molar-refractivity contribution in [2.45, 2.75) is 25.8 Å². The van der Waals surface area contributed by atoms with Gasteiger partial charge in [-0.25, -0.2) is 9.97 Å². The predicted octanol–water partition coefficient (Wildman–Crippen LogP) is 3.72. The molecule has 1 amide bonds. The van der Waals surface area contributed by atoms with Gasteiger partial charge in [-0.1, -0.05) is 42.5 Å². The summed E-state index contributed by atoms with van der Waals surface area (Å²) in [5.41, 5.74) is 1.86. The summed E-state index contributed by atoms with van der Waals surface area (Å²) < 4.78 is 0. The third-order valence-electron chi connectivity index (χ3n) is 4.84. The second kappa shape index (κ2) is 7.12. The highest BCUT2D eigenvalue weighted by molar-refractivity contribution is 5.96. The number of para-hydroxylation sites is 1. The Morgan fingerprint density at radius 1 is 1.00 bits per heavy atom. The third kappa shape index (κ3) is 3.25. The minimum Gasteiger partial charge on any atom is -0.356 e. The van der Waals surface area contributed by atoms with Crippen molar-refractivity contribution in [3.63, 3.8) is 0 Å². The van der Waals surface area contributed by atoms with Gasteiger partial charge in [0.2, 0.25) is 5.82 Å². The van der Waals surface area contributed by atoms with Crippen LogP contribution in [-0.4, -0.2) is 29.0 Å². The van der Waals surface area contributed by atoms with Crippen molar-refractivity contribution >= 4 is 22.6 Å². The molecule has 2 heterocycles. The molecule has 0 radical (unpaired) electrons. The Balaban J connectivity index is 1.66. The lowest BCUT2D eigenvalue weighted by Gasteiger charge is -2.19. The Labute approximate surface area is 153 Å². The highest BCUT2D eigenvalue weighted by Gasteiger charge is 2.21. The largest absolute Gasteiger partial charge is 0.356 e. The van der Waals surface area contributed by atoms with Gasteiger partial charge in [-0.3, -0.25) is 4.79 Å². The van der Waals surface area contributed by atoms with Crippen LogP contribution in [0.15, 0.2) is 54.6 Å². The van der Waals surface area contributed by atoms with Gasteiger partial charge in [0.25, 0.3) is 5.91 Å². The van der Waals surface area contributed by atoms with Crippen molar-refractivity contribution in [2.75, 3.05) is 18.0 Å². The van der Waals surface area contributed by atoms with E-state index in [0.717, 1.165) is 48.2 Å². The summed E-state index contributed by atoms with van der Waals surface area (Å²) in [6.45, 7) is 3.92. The monoisotopic (exact) mass is 346 g/mol. The third-order valence-corrected chi connectivity index (χ3v) is 4.84. The average Bonchev–Trinajstić information content (AvgIpc) is 3.22. The van der Waals surface area contributed by atoms with E-state index in [4.69, 9.17) is 0 Å². The molecule has 1 aromatic heterocycles. The van der Waals surface area contributed by atoms with Crippen LogP contribution >= 0.6 is 0 Å². The van der Waals surface area contributed by atoms with Crippen LogP contribution in [0.4, 0.5) is 5.82 Å². The summed E-state index contributed by atoms with van der Waals surface area (Å²) in [6, 6.07) is 17.7. The molecule has 0 spiro atoms. The van der Waals surface area contributed by atoms with Crippen LogP contribution in [0.2, 0.25) is 0 Å². The van der Waals surface area contributed by atoms with Crippen molar-refractivity contribution in [2.24, 2.45) is 0 Å². The topological polar surface area (TPSA) is 58.1 Å². The molecule has 0 unspecified atom stereocenters. The number of aromatic nitrogens is 2. The zero-order valence-corrected chi connectivity index (χ0v) is 14.9. The lowest BCUT2D eigenvalue weighted by molar-refractivity contribution is 0.0930. The lowest BCUT2D eigenvalue weighted by atomic mass is 10.1. The van der Waals surface area contributed by atoms with Gasteiger partial charge < -0.3 is 10.2 Å². The Hall–Kier alpha value is -2.95. The van der Waals surface area contributed by atoms with Crippen LogP contribution in [0.3, 0.4) is 0 Å². The highest BCUT2D eigenvalue weighted by atomic mass is 16.2. The molecule has 1 aliphatic heterocycles. The smallest absolute Gasteiger partial charge is 0.289 e. The number of fused-ring (bicyclic) bond motifs is 1. The SMILES string of the molecule is C[C@H](NC(=O)c1nc(N2CCCC2)c2ccccc2n1)c1ccccc1. The number of amides is 1. The molecule has 1 aliphatic rings. The maximum absolute atomic E-state index is 12.8. The van der Waals surface area contributed by atoms with Crippen molar-refractivity contribution in [3.05, 3.63) is 66.0 Å². The quantitative estimate of drug-likeness (QED) is 0.782. The van der Waals surface area contributed by atoms with Gasteiger partial charge in [0.05, 0.1) is 11.6 Å². The molecule has 1 fully saturated rings. The van der Waals surface area contributed by atoms with Crippen LogP contribution in [0, 0.1) is 0 Å². The van der Waals surface area contributed by atoms with E-state index in [1.54, 1.807) is 0 Å². The highest BCUT2D eigenvalue weighted by Crippen LogP contribution is 2.27. The van der Waals surface area contributed by atoms with Crippen molar-refractivity contribution in [1.29, 1.82) is 0 Å². The number of carbonyl (C=O) groups excluding carboxylic acids is 1. The molecule has 0 bridgehead atoms. The second-order valence-corrected chi connectivity index (χ2v) is 6.69. The van der Waals surface area contributed by atoms with E-state index < -0.39 is 0 Å². The van der Waals surface area contributed by atoms with Gasteiger partial charge in [0, 0.05) is 18.5 Å². The Bertz CT molecular complexity index is 920. The molecule has 5 heteroatoms. The summed E-state index contributed by atoms with van der Waals surface area (Å²) >= 11 is 0. The van der Waals surface area contributed by atoms with Crippen molar-refractivity contribution < 1.29 is 4.79 Å². The molecule has 0 saturated carbocycles. The van der Waals surface area contributed by atoms with E-state index in [0.29, 0.717) is 0 Å². The number of hydrogen-bond acceptors (Lipinski definition) is 4. The number of hydrogen-bond donors (Lipinski definition) is 1. The summed E-state index contributed by atoms with van der Waals surface area (Å²) in [5, 5.41) is 4.01. The second-order valence-electron chi connectivity index (χ2n) is 6.69. The first-order valence-corrected chi connectivity index (χ1v) is 9.10. The van der Waals surface area contributed by atoms with E-state index in [9.17, 15) is 4.79 Å². The van der Waals surface area contributed by atoms with E-state index in [1.807, 2.05) is 61.5 Å². The van der Waals surface area contributed by atoms with E-state index in [-0.39, 0.29) is 17.8 Å². The molecule has 132 valence electrons. The zero-order valence-electron chi connectivity index (χ0n) is 14.9. The van der Waals surface area contributed by atoms with E-state index >= 15 is 0 Å². The zero-order chi connectivity index (χ0) is 17.9. The molecule has 0 aliphatic carbocycles. The molecule has 1 saturated heterocycles. The van der Waals surface area contributed by atoms with Gasteiger partial charge in [-0.05, 0) is 37.5 Å². The van der Waals surface area contributed by atoms with E-state index in [2.05, 4.69) is 20.2 Å². The molecule has 4 rings (SSSR count). The molecular formula is C21H22N4O. The number of benzene rings is 2. The van der Waals surface area contributed by atoms with Crippen molar-refractivity contribution in [3.8, 4) is 0 Å². The standard InChI is InChI=1S/C21H22N4O/c1-15(16-9-3-2-4-10-16)22-21(26)19-23-18-12-6-5-11-17(18)20(24-19)25-13-7-8-14-25/h2-6,9-12,15H,7-8,13-14H2,1H3,(H,22,26)/t15-/m0/s1. The van der Waals surface area contributed by atoms with Crippen LogP contribution in [-0.2, 0) is 0 Å². The molecule has 26 heavy (non-hydrogen) atoms. The van der Waals surface area contributed by atoms with Crippen LogP contribution in [0.25, 0.3) is 10.9 Å². The summed E-state index contributed by atoms with van der Waals surface area (Å²) in [5.74, 6) is 0.853. The fourth-order valence-corrected chi connectivity index (χ4v) is 3.42. The summed E-state index contributed by atoms with van der Waals surface area (Å²) in [4.78, 5) is 24.2. The van der Waals surface area contributed by atoms with Gasteiger partial charge in [-0.2, -0.15) is 0 Å². The summed E-state index contributed by atoms with van der Waals surface area (Å²) in [6.07, 6.45) is 2.32. The number of anilines is 1. The van der Waals surface area contributed by atoms with Gasteiger partial charge in [0.15, 0.2) is 0 Å². The fourth-order valence-electron chi connectivity index (χ4n) is 3.42. The summed E-state index contributed by atoms with van der Waals surface area (Å²) in [7, 11) is 0.